The Kier molecular flexibility index (Phi) is 7.23. The van der Waals surface area contributed by atoms with E-state index in [9.17, 15) is 19.5 Å². The Morgan fingerprint density at radius 1 is 1.41 bits per heavy atom. The first-order valence-electron chi connectivity index (χ1n) is 10.9. The number of esters is 1. The lowest BCUT2D eigenvalue weighted by atomic mass is 9.71. The highest BCUT2D eigenvalue weighted by atomic mass is 79.9. The van der Waals surface area contributed by atoms with Crippen molar-refractivity contribution in [1.29, 1.82) is 0 Å². The van der Waals surface area contributed by atoms with E-state index in [4.69, 9.17) is 4.74 Å². The number of likely N-dealkylation sites (tertiary alicyclic amines) is 1. The number of rotatable bonds is 8. The fraction of sp³-hybridized carbons (Fsp3) is 0.696. The van der Waals surface area contributed by atoms with E-state index in [0.717, 1.165) is 0 Å². The molecule has 3 saturated heterocycles. The van der Waals surface area contributed by atoms with Crippen LogP contribution in [-0.2, 0) is 19.1 Å². The lowest BCUT2D eigenvalue weighted by molar-refractivity contribution is -0.153. The maximum absolute atomic E-state index is 14.1. The van der Waals surface area contributed by atoms with Crippen LogP contribution in [0.25, 0.3) is 0 Å². The molecule has 3 rings (SSSR count). The third kappa shape index (κ3) is 3.84. The van der Waals surface area contributed by atoms with E-state index in [1.165, 1.54) is 11.0 Å². The minimum atomic E-state index is -0.784. The van der Waals surface area contributed by atoms with Gasteiger partial charge in [-0.1, -0.05) is 34.7 Å². The predicted molar refractivity (Wildman–Crippen MR) is 128 cm³/mol. The third-order valence-electron chi connectivity index (χ3n) is 6.70. The number of amides is 2. The van der Waals surface area contributed by atoms with Crippen LogP contribution in [0.5, 0.6) is 0 Å². The Morgan fingerprint density at radius 2 is 2.06 bits per heavy atom. The highest BCUT2D eigenvalue weighted by molar-refractivity contribution is 9.09. The van der Waals surface area contributed by atoms with Crippen molar-refractivity contribution in [3.63, 3.8) is 0 Å². The number of aliphatic hydroxyl groups excluding tert-OH is 1. The molecule has 1 spiro atoms. The molecule has 7 atom stereocenters. The van der Waals surface area contributed by atoms with Crippen molar-refractivity contribution < 1.29 is 24.2 Å². The molecule has 0 saturated carbocycles. The first kappa shape index (κ1) is 25.3. The molecule has 7 nitrogen and oxygen atoms in total. The zero-order chi connectivity index (χ0) is 24.0. The molecule has 9 heteroatoms. The Labute approximate surface area is 202 Å². The van der Waals surface area contributed by atoms with Gasteiger partial charge in [0.2, 0.25) is 11.8 Å². The van der Waals surface area contributed by atoms with E-state index in [-0.39, 0.29) is 35.1 Å². The molecule has 3 unspecified atom stereocenters. The van der Waals surface area contributed by atoms with Gasteiger partial charge in [-0.2, -0.15) is 0 Å². The standard InChI is InChI=1S/C23H33BrN2O5S/c1-7-9-25(22(4,5)6)20(29)18-23-11-14(24)17(32-23)15(21(30)31-10-8-2)16(23)19(28)26(18)13(3)12-27/h7-8,13-18,27H,1-2,9-12H2,3-6H3/t13-,14?,15-,16+,17-,18?,23?/m1/s1. The van der Waals surface area contributed by atoms with Crippen LogP contribution in [0.1, 0.15) is 34.1 Å². The summed E-state index contributed by atoms with van der Waals surface area (Å²) in [6.45, 7) is 15.1. The van der Waals surface area contributed by atoms with E-state index in [0.29, 0.717) is 13.0 Å². The monoisotopic (exact) mass is 528 g/mol. The van der Waals surface area contributed by atoms with Gasteiger partial charge in [-0.15, -0.1) is 18.3 Å². The average Bonchev–Trinajstić information content (AvgIpc) is 3.31. The number of carbonyl (C=O) groups is 3. The quantitative estimate of drug-likeness (QED) is 0.295. The molecule has 2 bridgehead atoms. The van der Waals surface area contributed by atoms with Crippen LogP contribution >= 0.6 is 27.7 Å². The largest absolute Gasteiger partial charge is 0.461 e. The van der Waals surface area contributed by atoms with Gasteiger partial charge >= 0.3 is 5.97 Å². The van der Waals surface area contributed by atoms with E-state index in [1.54, 1.807) is 29.7 Å². The number of fused-ring (bicyclic) bond motifs is 1. The van der Waals surface area contributed by atoms with E-state index in [2.05, 4.69) is 29.1 Å². The van der Waals surface area contributed by atoms with Gasteiger partial charge in [0.1, 0.15) is 12.6 Å². The number of carbonyl (C=O) groups excluding carboxylic acids is 3. The van der Waals surface area contributed by atoms with Crippen LogP contribution in [0.15, 0.2) is 25.3 Å². The zero-order valence-electron chi connectivity index (χ0n) is 19.1. The van der Waals surface area contributed by atoms with Crippen molar-refractivity contribution in [3.05, 3.63) is 25.3 Å². The van der Waals surface area contributed by atoms with Crippen LogP contribution in [0.2, 0.25) is 0 Å². The number of thioether (sulfide) groups is 1. The Balaban J connectivity index is 2.11. The fourth-order valence-electron chi connectivity index (χ4n) is 5.39. The first-order chi connectivity index (χ1) is 15.0. The summed E-state index contributed by atoms with van der Waals surface area (Å²) in [5.41, 5.74) is -0.492. The summed E-state index contributed by atoms with van der Waals surface area (Å²) in [6, 6.07) is -1.34. The van der Waals surface area contributed by atoms with Crippen LogP contribution in [-0.4, -0.2) is 84.9 Å². The number of alkyl halides is 1. The average molecular weight is 529 g/mol. The SMILES string of the molecule is C=CCOC(=O)[C@H]1[C@@H]2SC3(CC2Br)C(C(=O)N(CC=C)C(C)(C)C)N([C@H](C)CO)C(=O)[C@H]13. The maximum Gasteiger partial charge on any atom is 0.311 e. The van der Waals surface area contributed by atoms with Crippen LogP contribution < -0.4 is 0 Å². The van der Waals surface area contributed by atoms with E-state index in [1.807, 2.05) is 20.8 Å². The van der Waals surface area contributed by atoms with Gasteiger partial charge in [0.15, 0.2) is 0 Å². The first-order valence-corrected chi connectivity index (χ1v) is 12.7. The molecule has 3 aliphatic heterocycles. The van der Waals surface area contributed by atoms with Crippen LogP contribution in [0.3, 0.4) is 0 Å². The van der Waals surface area contributed by atoms with Gasteiger partial charge in [-0.3, -0.25) is 14.4 Å². The van der Waals surface area contributed by atoms with Gasteiger partial charge in [-0.05, 0) is 34.1 Å². The normalized spacial score (nSPS) is 34.2. The molecular formula is C23H33BrN2O5S. The molecule has 0 radical (unpaired) electrons. The van der Waals surface area contributed by atoms with Gasteiger partial charge in [-0.25, -0.2) is 0 Å². The molecule has 2 amide bonds. The molecule has 178 valence electrons. The minimum absolute atomic E-state index is 0.0278. The number of halogens is 1. The molecule has 1 N–H and O–H groups in total. The van der Waals surface area contributed by atoms with Crippen molar-refractivity contribution in [1.82, 2.24) is 9.80 Å². The van der Waals surface area contributed by atoms with E-state index < -0.39 is 40.2 Å². The minimum Gasteiger partial charge on any atom is -0.461 e. The zero-order valence-corrected chi connectivity index (χ0v) is 21.5. The van der Waals surface area contributed by atoms with Crippen molar-refractivity contribution >= 4 is 45.5 Å². The van der Waals surface area contributed by atoms with Gasteiger partial charge < -0.3 is 19.6 Å². The fourth-order valence-corrected chi connectivity index (χ4v) is 8.97. The number of ether oxygens (including phenoxy) is 1. The summed E-state index contributed by atoms with van der Waals surface area (Å²) in [6.07, 6.45) is 3.76. The number of aliphatic hydroxyl groups is 1. The van der Waals surface area contributed by atoms with Crippen molar-refractivity contribution in [2.75, 3.05) is 19.8 Å². The molecule has 3 fully saturated rings. The van der Waals surface area contributed by atoms with Gasteiger partial charge in [0.25, 0.3) is 0 Å². The third-order valence-corrected chi connectivity index (χ3v) is 9.92. The molecule has 0 aromatic heterocycles. The Bertz CT molecular complexity index is 815. The van der Waals surface area contributed by atoms with Gasteiger partial charge in [0, 0.05) is 22.2 Å². The summed E-state index contributed by atoms with van der Waals surface area (Å²) >= 11 is 5.27. The van der Waals surface area contributed by atoms with E-state index >= 15 is 0 Å². The van der Waals surface area contributed by atoms with Crippen molar-refractivity contribution in [2.45, 2.75) is 66.6 Å². The number of nitrogens with zero attached hydrogens (tertiary/aromatic N) is 2. The van der Waals surface area contributed by atoms with Crippen LogP contribution in [0.4, 0.5) is 0 Å². The van der Waals surface area contributed by atoms with Crippen LogP contribution in [0, 0.1) is 11.8 Å². The number of hydrogen-bond acceptors (Lipinski definition) is 6. The van der Waals surface area contributed by atoms with Gasteiger partial charge in [0.05, 0.1) is 29.2 Å². The predicted octanol–water partition coefficient (Wildman–Crippen LogP) is 2.37. The number of hydrogen-bond donors (Lipinski definition) is 1. The summed E-state index contributed by atoms with van der Waals surface area (Å²) in [5, 5.41) is 9.77. The molecule has 0 aromatic rings. The highest BCUT2D eigenvalue weighted by Crippen LogP contribution is 2.68. The molecule has 0 aliphatic carbocycles. The summed E-state index contributed by atoms with van der Waals surface area (Å²) in [7, 11) is 0. The summed E-state index contributed by atoms with van der Waals surface area (Å²) < 4.78 is 4.60. The molecule has 0 aromatic carbocycles. The molecular weight excluding hydrogens is 496 g/mol. The molecule has 3 aliphatic rings. The molecule has 3 heterocycles. The summed E-state index contributed by atoms with van der Waals surface area (Å²) in [5.74, 6) is -2.19. The lowest BCUT2D eigenvalue weighted by Gasteiger charge is -2.43. The smallest absolute Gasteiger partial charge is 0.311 e. The molecule has 32 heavy (non-hydrogen) atoms. The lowest BCUT2D eigenvalue weighted by Crippen LogP contribution is -2.60. The second-order valence-corrected chi connectivity index (χ2v) is 12.5. The second kappa shape index (κ2) is 9.14. The highest BCUT2D eigenvalue weighted by Gasteiger charge is 2.76. The Hall–Kier alpha value is -1.32. The Morgan fingerprint density at radius 3 is 2.59 bits per heavy atom. The van der Waals surface area contributed by atoms with Crippen molar-refractivity contribution in [2.24, 2.45) is 11.8 Å². The van der Waals surface area contributed by atoms with Crippen molar-refractivity contribution in [3.8, 4) is 0 Å². The topological polar surface area (TPSA) is 87.2 Å². The second-order valence-electron chi connectivity index (χ2n) is 9.77. The maximum atomic E-state index is 14.1. The summed E-state index contributed by atoms with van der Waals surface area (Å²) in [4.78, 5) is 44.1.